The largest absolute Gasteiger partial charge is 0.416 e. The van der Waals surface area contributed by atoms with Gasteiger partial charge >= 0.3 is 6.18 Å². The first-order valence-corrected chi connectivity index (χ1v) is 19.6. The number of nitrogens with zero attached hydrogens (tertiary/aromatic N) is 5. The Kier molecular flexibility index (Phi) is 8.20. The molecule has 5 nitrogen and oxygen atoms in total. The van der Waals surface area contributed by atoms with E-state index in [2.05, 4.69) is 88.0 Å². The number of para-hydroxylation sites is 3. The molecule has 3 aromatic heterocycles. The summed E-state index contributed by atoms with van der Waals surface area (Å²) >= 11 is 0. The van der Waals surface area contributed by atoms with Gasteiger partial charge in [-0.15, -0.1) is 0 Å². The second-order valence-electron chi connectivity index (χ2n) is 14.8. The number of aromatic nitrogens is 5. The molecule has 0 aliphatic carbocycles. The molecular formula is C52H32F3N5. The van der Waals surface area contributed by atoms with Gasteiger partial charge in [-0.1, -0.05) is 127 Å². The van der Waals surface area contributed by atoms with Crippen molar-refractivity contribution >= 4 is 43.6 Å². The summed E-state index contributed by atoms with van der Waals surface area (Å²) in [5.41, 5.74) is 8.97. The molecule has 0 aliphatic rings. The Labute approximate surface area is 342 Å². The third-order valence-electron chi connectivity index (χ3n) is 11.2. The monoisotopic (exact) mass is 783 g/mol. The average molecular weight is 784 g/mol. The first-order chi connectivity index (χ1) is 29.4. The normalized spacial score (nSPS) is 11.9. The summed E-state index contributed by atoms with van der Waals surface area (Å²) in [6, 6.07) is 62.5. The van der Waals surface area contributed by atoms with Gasteiger partial charge in [0.05, 0.1) is 27.6 Å². The molecule has 3 heterocycles. The molecule has 0 N–H and O–H groups in total. The zero-order chi connectivity index (χ0) is 40.4. The number of benzene rings is 8. The molecule has 8 heteroatoms. The third-order valence-corrected chi connectivity index (χ3v) is 11.2. The first-order valence-electron chi connectivity index (χ1n) is 19.6. The molecule has 0 fully saturated rings. The lowest BCUT2D eigenvalue weighted by Gasteiger charge is -2.16. The van der Waals surface area contributed by atoms with Gasteiger partial charge in [-0.2, -0.15) is 13.2 Å². The highest BCUT2D eigenvalue weighted by molar-refractivity contribution is 6.12. The Morgan fingerprint density at radius 1 is 0.333 bits per heavy atom. The van der Waals surface area contributed by atoms with Crippen molar-refractivity contribution in [2.24, 2.45) is 0 Å². The number of hydrogen-bond acceptors (Lipinski definition) is 3. The highest BCUT2D eigenvalue weighted by Crippen LogP contribution is 2.40. The van der Waals surface area contributed by atoms with Crippen LogP contribution in [0.2, 0.25) is 0 Å². The van der Waals surface area contributed by atoms with Gasteiger partial charge in [-0.05, 0) is 77.9 Å². The van der Waals surface area contributed by atoms with E-state index in [0.717, 1.165) is 67.5 Å². The number of fused-ring (bicyclic) bond motifs is 6. The van der Waals surface area contributed by atoms with Crippen LogP contribution < -0.4 is 0 Å². The highest BCUT2D eigenvalue weighted by Gasteiger charge is 2.30. The molecule has 0 saturated carbocycles. The number of rotatable bonds is 6. The topological polar surface area (TPSA) is 48.5 Å². The molecule has 0 bridgehead atoms. The zero-order valence-corrected chi connectivity index (χ0v) is 31.8. The van der Waals surface area contributed by atoms with Gasteiger partial charge in [0.15, 0.2) is 17.5 Å². The van der Waals surface area contributed by atoms with Gasteiger partial charge in [0.2, 0.25) is 0 Å². The standard InChI is InChI=1S/C52H32F3N5/c53-52(54,55)36-25-23-33(24-26-36)43-31-37(27-29-42(43)51-57-49(34-13-3-1-4-14-34)56-50(58-51)35-15-5-2-6-16-35)60-47-22-12-9-19-41(47)44-32-38(28-30-48(44)60)59-45-20-10-7-17-39(45)40-18-8-11-21-46(40)59/h1-32H. The summed E-state index contributed by atoms with van der Waals surface area (Å²) in [5, 5.41) is 4.53. The molecule has 286 valence electrons. The molecule has 0 unspecified atom stereocenters. The minimum Gasteiger partial charge on any atom is -0.309 e. The van der Waals surface area contributed by atoms with Crippen molar-refractivity contribution in [2.45, 2.75) is 6.18 Å². The zero-order valence-electron chi connectivity index (χ0n) is 31.8. The maximum Gasteiger partial charge on any atom is 0.416 e. The maximum absolute atomic E-state index is 13.9. The van der Waals surface area contributed by atoms with Crippen LogP contribution in [0.1, 0.15) is 5.56 Å². The Morgan fingerprint density at radius 2 is 0.767 bits per heavy atom. The quantitative estimate of drug-likeness (QED) is 0.169. The van der Waals surface area contributed by atoms with Crippen LogP contribution >= 0.6 is 0 Å². The lowest BCUT2D eigenvalue weighted by atomic mass is 9.97. The van der Waals surface area contributed by atoms with E-state index in [0.29, 0.717) is 34.2 Å². The molecule has 11 rings (SSSR count). The second-order valence-corrected chi connectivity index (χ2v) is 14.8. The number of hydrogen-bond donors (Lipinski definition) is 0. The third kappa shape index (κ3) is 5.91. The van der Waals surface area contributed by atoms with Gasteiger partial charge < -0.3 is 9.13 Å². The molecule has 0 atom stereocenters. The molecule has 0 radical (unpaired) electrons. The summed E-state index contributed by atoms with van der Waals surface area (Å²) in [6.07, 6.45) is -4.48. The summed E-state index contributed by atoms with van der Waals surface area (Å²) in [5.74, 6) is 1.38. The van der Waals surface area contributed by atoms with Crippen molar-refractivity contribution < 1.29 is 13.2 Å². The Morgan fingerprint density at radius 3 is 1.30 bits per heavy atom. The maximum atomic E-state index is 13.9. The lowest BCUT2D eigenvalue weighted by molar-refractivity contribution is -0.137. The summed E-state index contributed by atoms with van der Waals surface area (Å²) < 4.78 is 46.1. The van der Waals surface area contributed by atoms with Crippen LogP contribution in [-0.4, -0.2) is 24.1 Å². The smallest absolute Gasteiger partial charge is 0.309 e. The molecule has 0 aliphatic heterocycles. The van der Waals surface area contributed by atoms with E-state index < -0.39 is 11.7 Å². The fraction of sp³-hybridized carbons (Fsp3) is 0.0192. The summed E-state index contributed by atoms with van der Waals surface area (Å²) in [6.45, 7) is 0. The van der Waals surface area contributed by atoms with Crippen LogP contribution in [0.4, 0.5) is 13.2 Å². The fourth-order valence-electron chi connectivity index (χ4n) is 8.45. The van der Waals surface area contributed by atoms with E-state index in [-0.39, 0.29) is 0 Å². The van der Waals surface area contributed by atoms with E-state index in [1.165, 1.54) is 22.9 Å². The van der Waals surface area contributed by atoms with E-state index in [4.69, 9.17) is 15.0 Å². The Hall–Kier alpha value is -7.84. The van der Waals surface area contributed by atoms with Crippen LogP contribution in [0.25, 0.3) is 100 Å². The number of halogens is 3. The predicted octanol–water partition coefficient (Wildman–Crippen LogP) is 13.8. The van der Waals surface area contributed by atoms with Gasteiger partial charge in [-0.3, -0.25) is 0 Å². The van der Waals surface area contributed by atoms with Gasteiger partial charge in [0.1, 0.15) is 0 Å². The molecule has 60 heavy (non-hydrogen) atoms. The van der Waals surface area contributed by atoms with Crippen molar-refractivity contribution in [3.63, 3.8) is 0 Å². The second kappa shape index (κ2) is 13.9. The first kappa shape index (κ1) is 35.3. The predicted molar refractivity (Wildman–Crippen MR) is 235 cm³/mol. The lowest BCUT2D eigenvalue weighted by Crippen LogP contribution is -2.04. The Balaban J connectivity index is 1.14. The summed E-state index contributed by atoms with van der Waals surface area (Å²) in [7, 11) is 0. The molecule has 0 amide bonds. The van der Waals surface area contributed by atoms with Crippen molar-refractivity contribution in [1.29, 1.82) is 0 Å². The van der Waals surface area contributed by atoms with Crippen molar-refractivity contribution in [1.82, 2.24) is 24.1 Å². The number of alkyl halides is 3. The molecule has 8 aromatic carbocycles. The van der Waals surface area contributed by atoms with Gasteiger partial charge in [0, 0.05) is 49.6 Å². The van der Waals surface area contributed by atoms with E-state index in [9.17, 15) is 13.2 Å². The van der Waals surface area contributed by atoms with Gasteiger partial charge in [-0.25, -0.2) is 15.0 Å². The molecular weight excluding hydrogens is 752 g/mol. The average Bonchev–Trinajstić information content (AvgIpc) is 3.82. The van der Waals surface area contributed by atoms with E-state index in [1.807, 2.05) is 91.0 Å². The summed E-state index contributed by atoms with van der Waals surface area (Å²) in [4.78, 5) is 14.9. The fourth-order valence-corrected chi connectivity index (χ4v) is 8.45. The van der Waals surface area contributed by atoms with Crippen LogP contribution in [-0.2, 0) is 6.18 Å². The van der Waals surface area contributed by atoms with E-state index in [1.54, 1.807) is 0 Å². The van der Waals surface area contributed by atoms with Crippen LogP contribution in [0.5, 0.6) is 0 Å². The highest BCUT2D eigenvalue weighted by atomic mass is 19.4. The van der Waals surface area contributed by atoms with Gasteiger partial charge in [0.25, 0.3) is 0 Å². The van der Waals surface area contributed by atoms with Crippen LogP contribution in [0, 0.1) is 0 Å². The van der Waals surface area contributed by atoms with Crippen molar-refractivity contribution in [2.75, 3.05) is 0 Å². The Bertz CT molecular complexity index is 3290. The van der Waals surface area contributed by atoms with Crippen LogP contribution in [0.15, 0.2) is 194 Å². The molecule has 0 saturated heterocycles. The SMILES string of the molecule is FC(F)(F)c1ccc(-c2cc(-n3c4ccccc4c4cc(-n5c6ccccc6c6ccccc65)ccc43)ccc2-c2nc(-c3ccccc3)nc(-c3ccccc3)n2)cc1. The minimum atomic E-state index is -4.48. The van der Waals surface area contributed by atoms with Crippen molar-refractivity contribution in [3.8, 4) is 56.7 Å². The van der Waals surface area contributed by atoms with E-state index >= 15 is 0 Å². The van der Waals surface area contributed by atoms with Crippen LogP contribution in [0.3, 0.4) is 0 Å². The molecule has 0 spiro atoms. The molecule has 11 aromatic rings. The minimum absolute atomic E-state index is 0.405. The van der Waals surface area contributed by atoms with Crippen molar-refractivity contribution in [3.05, 3.63) is 200 Å².